The summed E-state index contributed by atoms with van der Waals surface area (Å²) in [6.07, 6.45) is -4.67. The van der Waals surface area contributed by atoms with Gasteiger partial charge < -0.3 is 18.6 Å². The first-order chi connectivity index (χ1) is 20.3. The number of hydrogen-bond acceptors (Lipinski definition) is 8. The molecule has 0 fully saturated rings. The molecular weight excluding hydrogens is 696 g/mol. The summed E-state index contributed by atoms with van der Waals surface area (Å²) in [6.45, 7) is 11.7. The van der Waals surface area contributed by atoms with Crippen molar-refractivity contribution in [3.05, 3.63) is 77.2 Å². The average Bonchev–Trinajstić information content (AvgIpc) is 3.27. The van der Waals surface area contributed by atoms with Crippen LogP contribution in [-0.2, 0) is 27.1 Å². The summed E-state index contributed by atoms with van der Waals surface area (Å²) in [7, 11) is 0. The minimum Gasteiger partial charge on any atom is -0.487 e. The van der Waals surface area contributed by atoms with Crippen molar-refractivity contribution in [1.29, 1.82) is 0 Å². The number of hydrogen-bond donors (Lipinski definition) is 0. The number of ether oxygens (including phenoxy) is 3. The minimum atomic E-state index is -4.43. The molecule has 0 bridgehead atoms. The molecule has 44 heavy (non-hydrogen) atoms. The van der Waals surface area contributed by atoms with E-state index in [1.165, 1.54) is 12.1 Å². The molecule has 0 radical (unpaired) electrons. The van der Waals surface area contributed by atoms with Crippen LogP contribution in [0.3, 0.4) is 0 Å². The lowest BCUT2D eigenvalue weighted by Gasteiger charge is -2.26. The second kappa shape index (κ2) is 13.9. The summed E-state index contributed by atoms with van der Waals surface area (Å²) in [5.74, 6) is 1.17. The Morgan fingerprint density at radius 2 is 1.61 bits per heavy atom. The second-order valence-corrected chi connectivity index (χ2v) is 12.7. The van der Waals surface area contributed by atoms with Crippen LogP contribution in [0.5, 0.6) is 5.75 Å². The molecule has 9 nitrogen and oxygen atoms in total. The number of aromatic nitrogens is 1. The third-order valence-electron chi connectivity index (χ3n) is 5.44. The standard InChI is InChI=1S/C31H34F3IN2O7/c1-19-25(36-26(41-19)20-11-13-22(14-12-20)31(32,33)34)18-40-23-10-8-9-21(17-23)24(35)15-16-37(27(38)42-29(2,3)4)44-28(39)43-30(5,6)7/h8-15,17H,16,18H2,1-7H3/b24-15-. The van der Waals surface area contributed by atoms with E-state index >= 15 is 0 Å². The quantitative estimate of drug-likeness (QED) is 0.135. The maximum Gasteiger partial charge on any atom is 0.534 e. The third kappa shape index (κ3) is 10.8. The number of amides is 1. The molecule has 3 rings (SSSR count). The lowest BCUT2D eigenvalue weighted by atomic mass is 10.1. The predicted octanol–water partition coefficient (Wildman–Crippen LogP) is 9.13. The van der Waals surface area contributed by atoms with E-state index in [2.05, 4.69) is 27.6 Å². The first-order valence-electron chi connectivity index (χ1n) is 13.4. The number of halogens is 4. The van der Waals surface area contributed by atoms with Gasteiger partial charge >= 0.3 is 18.4 Å². The predicted molar refractivity (Wildman–Crippen MR) is 165 cm³/mol. The normalized spacial score (nSPS) is 12.5. The fourth-order valence-electron chi connectivity index (χ4n) is 3.47. The molecule has 0 saturated carbocycles. The van der Waals surface area contributed by atoms with Gasteiger partial charge in [0.05, 0.1) is 12.1 Å². The van der Waals surface area contributed by atoms with Crippen molar-refractivity contribution in [2.75, 3.05) is 6.54 Å². The van der Waals surface area contributed by atoms with Gasteiger partial charge in [0.2, 0.25) is 5.89 Å². The molecule has 0 spiro atoms. The Morgan fingerprint density at radius 3 is 2.20 bits per heavy atom. The van der Waals surface area contributed by atoms with Gasteiger partial charge in [-0.3, -0.25) is 4.84 Å². The van der Waals surface area contributed by atoms with Crippen LogP contribution in [0.1, 0.15) is 64.1 Å². The monoisotopic (exact) mass is 730 g/mol. The molecular formula is C31H34F3IN2O7. The van der Waals surface area contributed by atoms with Crippen LogP contribution in [0.4, 0.5) is 22.8 Å². The summed E-state index contributed by atoms with van der Waals surface area (Å²) in [4.78, 5) is 34.5. The maximum absolute atomic E-state index is 12.9. The number of benzene rings is 2. The molecule has 238 valence electrons. The Morgan fingerprint density at radius 1 is 0.977 bits per heavy atom. The molecule has 0 unspecified atom stereocenters. The molecule has 0 N–H and O–H groups in total. The molecule has 13 heteroatoms. The number of alkyl halides is 3. The second-order valence-electron chi connectivity index (χ2n) is 11.6. The highest BCUT2D eigenvalue weighted by Gasteiger charge is 2.30. The van der Waals surface area contributed by atoms with Gasteiger partial charge in [-0.1, -0.05) is 12.1 Å². The molecule has 0 aliphatic rings. The van der Waals surface area contributed by atoms with Crippen molar-refractivity contribution >= 4 is 38.4 Å². The maximum atomic E-state index is 12.9. The minimum absolute atomic E-state index is 0.0515. The zero-order chi connectivity index (χ0) is 32.9. The largest absolute Gasteiger partial charge is 0.534 e. The number of hydroxylamine groups is 2. The van der Waals surface area contributed by atoms with Crippen molar-refractivity contribution in [1.82, 2.24) is 10.0 Å². The summed E-state index contributed by atoms with van der Waals surface area (Å²) in [5, 5.41) is 0.778. The van der Waals surface area contributed by atoms with Crippen molar-refractivity contribution in [2.24, 2.45) is 0 Å². The molecule has 2 aromatic carbocycles. The summed E-state index contributed by atoms with van der Waals surface area (Å²) in [5.41, 5.74) is -0.754. The molecule has 0 atom stereocenters. The lowest BCUT2D eigenvalue weighted by molar-refractivity contribution is -0.137. The van der Waals surface area contributed by atoms with Gasteiger partial charge in [-0.25, -0.2) is 14.6 Å². The smallest absolute Gasteiger partial charge is 0.487 e. The van der Waals surface area contributed by atoms with Crippen LogP contribution < -0.4 is 4.74 Å². The summed E-state index contributed by atoms with van der Waals surface area (Å²) < 4.78 is 61.5. The van der Waals surface area contributed by atoms with Crippen LogP contribution in [0.15, 0.2) is 59.0 Å². The Kier molecular flexibility index (Phi) is 11.0. The van der Waals surface area contributed by atoms with Crippen molar-refractivity contribution in [3.63, 3.8) is 0 Å². The van der Waals surface area contributed by atoms with Crippen molar-refractivity contribution < 1.29 is 46.2 Å². The van der Waals surface area contributed by atoms with E-state index < -0.39 is 35.2 Å². The van der Waals surface area contributed by atoms with Crippen LogP contribution in [0, 0.1) is 6.92 Å². The Balaban J connectivity index is 1.70. The number of oxazole rings is 1. The molecule has 1 amide bonds. The third-order valence-corrected chi connectivity index (χ3v) is 6.51. The Hall–Kier alpha value is -3.75. The summed E-state index contributed by atoms with van der Waals surface area (Å²) >= 11 is 2.08. The van der Waals surface area contributed by atoms with Crippen LogP contribution >= 0.6 is 22.6 Å². The van der Waals surface area contributed by atoms with Crippen molar-refractivity contribution in [3.8, 4) is 17.2 Å². The van der Waals surface area contributed by atoms with Gasteiger partial charge in [0.15, 0.2) is 0 Å². The van der Waals surface area contributed by atoms with Gasteiger partial charge in [-0.05, 0) is 119 Å². The number of rotatable bonds is 7. The Labute approximate surface area is 267 Å². The van der Waals surface area contributed by atoms with Gasteiger partial charge in [0.1, 0.15) is 35.0 Å². The zero-order valence-corrected chi connectivity index (χ0v) is 27.5. The van der Waals surface area contributed by atoms with E-state index in [4.69, 9.17) is 23.5 Å². The van der Waals surface area contributed by atoms with Crippen LogP contribution in [0.25, 0.3) is 15.0 Å². The topological polar surface area (TPSA) is 100 Å². The number of nitrogens with zero attached hydrogens (tertiary/aromatic N) is 2. The fourth-order valence-corrected chi connectivity index (χ4v) is 4.01. The van der Waals surface area contributed by atoms with Gasteiger partial charge in [0, 0.05) is 9.14 Å². The van der Waals surface area contributed by atoms with Gasteiger partial charge in [-0.2, -0.15) is 13.2 Å². The summed E-state index contributed by atoms with van der Waals surface area (Å²) in [6, 6.07) is 11.7. The number of aryl methyl sites for hydroxylation is 1. The number of carbonyl (C=O) groups excluding carboxylic acids is 2. The van der Waals surface area contributed by atoms with E-state index in [1.54, 1.807) is 72.7 Å². The highest BCUT2D eigenvalue weighted by molar-refractivity contribution is 14.1. The molecule has 1 heterocycles. The van der Waals surface area contributed by atoms with Gasteiger partial charge in [0.25, 0.3) is 0 Å². The molecule has 1 aromatic heterocycles. The lowest BCUT2D eigenvalue weighted by Crippen LogP contribution is -2.39. The fraction of sp³-hybridized carbons (Fsp3) is 0.387. The highest BCUT2D eigenvalue weighted by Crippen LogP contribution is 2.32. The van der Waals surface area contributed by atoms with Crippen LogP contribution in [0.2, 0.25) is 0 Å². The first kappa shape index (κ1) is 34.7. The van der Waals surface area contributed by atoms with Crippen molar-refractivity contribution in [2.45, 2.75) is 72.5 Å². The van der Waals surface area contributed by atoms with Crippen LogP contribution in [-0.4, -0.2) is 40.0 Å². The van der Waals surface area contributed by atoms with Gasteiger partial charge in [-0.15, -0.1) is 5.06 Å². The van der Waals surface area contributed by atoms with E-state index in [0.29, 0.717) is 22.8 Å². The first-order valence-corrected chi connectivity index (χ1v) is 14.5. The van der Waals surface area contributed by atoms with E-state index in [9.17, 15) is 22.8 Å². The molecule has 3 aromatic rings. The zero-order valence-electron chi connectivity index (χ0n) is 25.4. The van der Waals surface area contributed by atoms with E-state index in [1.807, 2.05) is 6.07 Å². The highest BCUT2D eigenvalue weighted by atomic mass is 127. The Bertz CT molecular complexity index is 1490. The van der Waals surface area contributed by atoms with E-state index in [-0.39, 0.29) is 19.0 Å². The molecule has 0 aliphatic heterocycles. The number of carbonyl (C=O) groups is 2. The molecule has 0 aliphatic carbocycles. The molecule has 0 saturated heterocycles. The van der Waals surface area contributed by atoms with E-state index in [0.717, 1.165) is 26.3 Å². The SMILES string of the molecule is Cc1oc(-c2ccc(C(F)(F)F)cc2)nc1COc1cccc(/C(I)=C/CN(OC(=O)OC(C)(C)C)C(=O)OC(C)(C)C)c1. The average molecular weight is 731 g/mol.